The van der Waals surface area contributed by atoms with Crippen molar-refractivity contribution in [2.45, 2.75) is 44.6 Å². The van der Waals surface area contributed by atoms with Gasteiger partial charge in [0.1, 0.15) is 0 Å². The molecule has 1 N–H and O–H groups in total. The second-order valence-corrected chi connectivity index (χ2v) is 4.62. The molecule has 0 aromatic rings. The van der Waals surface area contributed by atoms with E-state index in [2.05, 4.69) is 4.90 Å². The van der Waals surface area contributed by atoms with Crippen molar-refractivity contribution in [2.24, 2.45) is 5.92 Å². The van der Waals surface area contributed by atoms with Crippen LogP contribution in [-0.4, -0.2) is 35.7 Å². The van der Waals surface area contributed by atoms with Crippen LogP contribution >= 0.6 is 0 Å². The average molecular weight is 183 g/mol. The molecule has 1 aliphatic carbocycles. The Labute approximate surface area is 80.9 Å². The Balaban J connectivity index is 1.74. The number of rotatable bonds is 2. The number of aliphatic hydroxyl groups excluding tert-OH is 1. The first-order valence-corrected chi connectivity index (χ1v) is 5.75. The summed E-state index contributed by atoms with van der Waals surface area (Å²) in [4.78, 5) is 2.65. The zero-order valence-electron chi connectivity index (χ0n) is 8.41. The fourth-order valence-corrected chi connectivity index (χ4v) is 2.61. The molecule has 2 rings (SSSR count). The summed E-state index contributed by atoms with van der Waals surface area (Å²) in [6.07, 6.45) is 8.12. The van der Waals surface area contributed by atoms with Crippen LogP contribution in [-0.2, 0) is 0 Å². The molecule has 1 aliphatic heterocycles. The third-order valence-corrected chi connectivity index (χ3v) is 3.63. The molecule has 1 saturated heterocycles. The normalized spacial score (nSPS) is 36.7. The van der Waals surface area contributed by atoms with E-state index in [1.807, 2.05) is 0 Å². The molecule has 2 fully saturated rings. The van der Waals surface area contributed by atoms with Gasteiger partial charge in [-0.25, -0.2) is 0 Å². The number of aliphatic hydroxyl groups is 1. The van der Waals surface area contributed by atoms with Crippen molar-refractivity contribution in [1.82, 2.24) is 4.90 Å². The summed E-state index contributed by atoms with van der Waals surface area (Å²) < 4.78 is 0. The van der Waals surface area contributed by atoms with Gasteiger partial charge in [-0.1, -0.05) is 12.8 Å². The van der Waals surface area contributed by atoms with Crippen LogP contribution in [0.4, 0.5) is 0 Å². The molecule has 0 aromatic heterocycles. The highest BCUT2D eigenvalue weighted by atomic mass is 16.3. The highest BCUT2D eigenvalue weighted by Crippen LogP contribution is 2.32. The van der Waals surface area contributed by atoms with E-state index < -0.39 is 0 Å². The number of nitrogens with zero attached hydrogens (tertiary/aromatic N) is 1. The first-order chi connectivity index (χ1) is 6.40. The summed E-state index contributed by atoms with van der Waals surface area (Å²) in [6.45, 7) is 3.02. The predicted molar refractivity (Wildman–Crippen MR) is 53.6 cm³/mol. The molecular weight excluding hydrogens is 162 g/mol. The molecule has 0 radical (unpaired) electrons. The number of likely N-dealkylation sites (tertiary alicyclic amines) is 1. The van der Waals surface area contributed by atoms with Crippen LogP contribution in [0.1, 0.15) is 38.5 Å². The van der Waals surface area contributed by atoms with Crippen LogP contribution in [0.5, 0.6) is 0 Å². The molecule has 2 nitrogen and oxygen atoms in total. The lowest BCUT2D eigenvalue weighted by Crippen LogP contribution is -2.46. The minimum atomic E-state index is 0.407. The third kappa shape index (κ3) is 2.23. The van der Waals surface area contributed by atoms with E-state index in [4.69, 9.17) is 5.11 Å². The molecule has 1 heterocycles. The number of hydrogen-bond donors (Lipinski definition) is 1. The fourth-order valence-electron chi connectivity index (χ4n) is 2.61. The summed E-state index contributed by atoms with van der Waals surface area (Å²) in [5, 5.41) is 8.94. The van der Waals surface area contributed by atoms with Crippen LogP contribution < -0.4 is 0 Å². The molecule has 0 bridgehead atoms. The minimum absolute atomic E-state index is 0.407. The highest BCUT2D eigenvalue weighted by Gasteiger charge is 2.32. The van der Waals surface area contributed by atoms with Crippen molar-refractivity contribution in [1.29, 1.82) is 0 Å². The Bertz CT molecular complexity index is 146. The lowest BCUT2D eigenvalue weighted by molar-refractivity contribution is 0.0473. The molecule has 0 atom stereocenters. The molecule has 76 valence electrons. The van der Waals surface area contributed by atoms with Gasteiger partial charge in [0.05, 0.1) is 0 Å². The summed E-state index contributed by atoms with van der Waals surface area (Å²) in [7, 11) is 0. The van der Waals surface area contributed by atoms with Crippen LogP contribution in [0, 0.1) is 5.92 Å². The van der Waals surface area contributed by atoms with E-state index in [0.29, 0.717) is 12.5 Å². The Kier molecular flexibility index (Phi) is 3.23. The maximum absolute atomic E-state index is 8.94. The lowest BCUT2D eigenvalue weighted by atomic mass is 9.80. The highest BCUT2D eigenvalue weighted by molar-refractivity contribution is 4.87. The molecule has 13 heavy (non-hydrogen) atoms. The van der Waals surface area contributed by atoms with Gasteiger partial charge in [-0.2, -0.15) is 0 Å². The summed E-state index contributed by atoms with van der Waals surface area (Å²) in [5.41, 5.74) is 0. The van der Waals surface area contributed by atoms with E-state index >= 15 is 0 Å². The Morgan fingerprint density at radius 2 is 1.62 bits per heavy atom. The molecule has 2 aliphatic rings. The Morgan fingerprint density at radius 1 is 1.00 bits per heavy atom. The zero-order chi connectivity index (χ0) is 9.10. The maximum Gasteiger partial charge on any atom is 0.0460 e. The van der Waals surface area contributed by atoms with Crippen molar-refractivity contribution < 1.29 is 5.11 Å². The van der Waals surface area contributed by atoms with Crippen molar-refractivity contribution in [3.63, 3.8) is 0 Å². The molecule has 0 aromatic carbocycles. The summed E-state index contributed by atoms with van der Waals surface area (Å²) >= 11 is 0. The quantitative estimate of drug-likeness (QED) is 0.703. The van der Waals surface area contributed by atoms with Crippen molar-refractivity contribution in [2.75, 3.05) is 19.7 Å². The van der Waals surface area contributed by atoms with Gasteiger partial charge in [-0.15, -0.1) is 0 Å². The fraction of sp³-hybridized carbons (Fsp3) is 1.00. The molecule has 0 spiro atoms. The van der Waals surface area contributed by atoms with E-state index in [9.17, 15) is 0 Å². The second kappa shape index (κ2) is 4.43. The first-order valence-electron chi connectivity index (χ1n) is 5.75. The molecular formula is C11H21NO. The summed E-state index contributed by atoms with van der Waals surface area (Å²) in [5.74, 6) is 0.619. The standard InChI is InChI=1S/C11H21NO/c13-9-10-7-11(8-10)12-5-3-1-2-4-6-12/h10-11,13H,1-9H2. The van der Waals surface area contributed by atoms with Crippen LogP contribution in [0.25, 0.3) is 0 Å². The predicted octanol–water partition coefficient (Wildman–Crippen LogP) is 1.63. The topological polar surface area (TPSA) is 23.5 Å². The largest absolute Gasteiger partial charge is 0.396 e. The molecule has 2 heteroatoms. The van der Waals surface area contributed by atoms with E-state index in [0.717, 1.165) is 6.04 Å². The zero-order valence-corrected chi connectivity index (χ0v) is 8.41. The van der Waals surface area contributed by atoms with Gasteiger partial charge in [-0.05, 0) is 44.7 Å². The minimum Gasteiger partial charge on any atom is -0.396 e. The number of hydrogen-bond acceptors (Lipinski definition) is 2. The smallest absolute Gasteiger partial charge is 0.0460 e. The second-order valence-electron chi connectivity index (χ2n) is 4.62. The lowest BCUT2D eigenvalue weighted by Gasteiger charge is -2.42. The SMILES string of the molecule is OCC1CC(N2CCCCCC2)C1. The Morgan fingerprint density at radius 3 is 2.15 bits per heavy atom. The van der Waals surface area contributed by atoms with E-state index in [1.165, 1.54) is 51.6 Å². The molecule has 0 unspecified atom stereocenters. The van der Waals surface area contributed by atoms with Gasteiger partial charge < -0.3 is 10.0 Å². The first kappa shape index (κ1) is 9.47. The maximum atomic E-state index is 8.94. The van der Waals surface area contributed by atoms with Gasteiger partial charge in [0.15, 0.2) is 0 Å². The van der Waals surface area contributed by atoms with Gasteiger partial charge >= 0.3 is 0 Å². The molecule has 0 amide bonds. The van der Waals surface area contributed by atoms with Crippen LogP contribution in [0.15, 0.2) is 0 Å². The van der Waals surface area contributed by atoms with Crippen molar-refractivity contribution >= 4 is 0 Å². The van der Waals surface area contributed by atoms with Crippen molar-refractivity contribution in [3.05, 3.63) is 0 Å². The van der Waals surface area contributed by atoms with Gasteiger partial charge in [-0.3, -0.25) is 0 Å². The van der Waals surface area contributed by atoms with Gasteiger partial charge in [0, 0.05) is 12.6 Å². The van der Waals surface area contributed by atoms with Crippen molar-refractivity contribution in [3.8, 4) is 0 Å². The average Bonchev–Trinajstić information content (AvgIpc) is 2.31. The monoisotopic (exact) mass is 183 g/mol. The van der Waals surface area contributed by atoms with E-state index in [-0.39, 0.29) is 0 Å². The van der Waals surface area contributed by atoms with Crippen LogP contribution in [0.3, 0.4) is 0 Å². The third-order valence-electron chi connectivity index (χ3n) is 3.63. The van der Waals surface area contributed by atoms with E-state index in [1.54, 1.807) is 0 Å². The van der Waals surface area contributed by atoms with Gasteiger partial charge in [0.2, 0.25) is 0 Å². The Hall–Kier alpha value is -0.0800. The van der Waals surface area contributed by atoms with Gasteiger partial charge in [0.25, 0.3) is 0 Å². The summed E-state index contributed by atoms with van der Waals surface area (Å²) in [6, 6.07) is 0.815. The molecule has 1 saturated carbocycles. The van der Waals surface area contributed by atoms with Crippen LogP contribution in [0.2, 0.25) is 0 Å².